The van der Waals surface area contributed by atoms with Gasteiger partial charge in [-0.1, -0.05) is 0 Å². The summed E-state index contributed by atoms with van der Waals surface area (Å²) in [5.74, 6) is 3.00. The average Bonchev–Trinajstić information content (AvgIpc) is 3.07. The van der Waals surface area contributed by atoms with Gasteiger partial charge in [0.1, 0.15) is 5.82 Å². The van der Waals surface area contributed by atoms with Gasteiger partial charge in [0.25, 0.3) is 0 Å². The third-order valence-corrected chi connectivity index (χ3v) is 4.17. The van der Waals surface area contributed by atoms with Crippen LogP contribution >= 0.6 is 24.8 Å². The van der Waals surface area contributed by atoms with Crippen molar-refractivity contribution >= 4 is 36.6 Å². The highest BCUT2D eigenvalue weighted by atomic mass is 35.5. The van der Waals surface area contributed by atoms with Crippen molar-refractivity contribution in [1.29, 1.82) is 0 Å². The van der Waals surface area contributed by atoms with Gasteiger partial charge in [0.15, 0.2) is 0 Å². The topological polar surface area (TPSA) is 58.3 Å². The highest BCUT2D eigenvalue weighted by Crippen LogP contribution is 2.43. The summed E-state index contributed by atoms with van der Waals surface area (Å²) in [5.41, 5.74) is 5.74. The molecule has 2 fully saturated rings. The zero-order valence-corrected chi connectivity index (χ0v) is 13.5. The summed E-state index contributed by atoms with van der Waals surface area (Å²) in [4.78, 5) is 13.3. The van der Waals surface area contributed by atoms with Crippen LogP contribution in [0.15, 0.2) is 12.3 Å². The Balaban J connectivity index is 0.000001000. The number of hydrogen-bond acceptors (Lipinski definition) is 5. The van der Waals surface area contributed by atoms with Crippen molar-refractivity contribution < 1.29 is 0 Å². The molecule has 1 saturated heterocycles. The van der Waals surface area contributed by atoms with Crippen LogP contribution in [-0.4, -0.2) is 48.1 Å². The first-order valence-electron chi connectivity index (χ1n) is 6.65. The minimum Gasteiger partial charge on any atom is -0.384 e. The van der Waals surface area contributed by atoms with Crippen LogP contribution in [0.5, 0.6) is 0 Å². The van der Waals surface area contributed by atoms with E-state index in [1.807, 2.05) is 0 Å². The molecule has 2 N–H and O–H groups in total. The van der Waals surface area contributed by atoms with E-state index in [2.05, 4.69) is 33.9 Å². The molecule has 0 aromatic carbocycles. The molecule has 7 heteroatoms. The van der Waals surface area contributed by atoms with Crippen LogP contribution in [0.3, 0.4) is 0 Å². The lowest BCUT2D eigenvalue weighted by Gasteiger charge is -2.24. The number of nitrogen functional groups attached to an aromatic ring is 1. The molecule has 1 saturated carbocycles. The summed E-state index contributed by atoms with van der Waals surface area (Å²) in [5, 5.41) is 0. The largest absolute Gasteiger partial charge is 0.384 e. The number of anilines is 2. The van der Waals surface area contributed by atoms with E-state index in [1.165, 1.54) is 12.8 Å². The van der Waals surface area contributed by atoms with E-state index in [0.29, 0.717) is 11.9 Å². The van der Waals surface area contributed by atoms with E-state index in [0.717, 1.165) is 30.9 Å². The number of likely N-dealkylation sites (N-methyl/N-ethyl adjacent to an activating group) is 1. The number of rotatable bonds is 3. The first-order valence-corrected chi connectivity index (χ1v) is 6.65. The molecule has 2 aliphatic rings. The number of hydrogen-bond donors (Lipinski definition) is 1. The van der Waals surface area contributed by atoms with Crippen LogP contribution in [0.4, 0.5) is 11.8 Å². The summed E-state index contributed by atoms with van der Waals surface area (Å²) >= 11 is 0. The Morgan fingerprint density at radius 2 is 1.95 bits per heavy atom. The Bertz CT molecular complexity index is 429. The molecule has 0 radical (unpaired) electrons. The molecule has 2 heterocycles. The van der Waals surface area contributed by atoms with Crippen molar-refractivity contribution in [3.63, 3.8) is 0 Å². The van der Waals surface area contributed by atoms with Crippen LogP contribution in [0, 0.1) is 11.8 Å². The molecular weight excluding hydrogens is 297 g/mol. The minimum atomic E-state index is 0. The standard InChI is InChI=1S/C13H21N5.2ClH/c1-17(2)11-8-18(7-10(11)9-3-4-9)13-15-6-5-12(14)16-13;;/h5-6,9-11H,3-4,7-8H2,1-2H3,(H2,14,15,16);2*1H/t10-,11+;;/m1../s1. The summed E-state index contributed by atoms with van der Waals surface area (Å²) in [6.07, 6.45) is 4.52. The van der Waals surface area contributed by atoms with E-state index >= 15 is 0 Å². The predicted molar refractivity (Wildman–Crippen MR) is 86.8 cm³/mol. The van der Waals surface area contributed by atoms with Gasteiger partial charge >= 0.3 is 0 Å². The van der Waals surface area contributed by atoms with E-state index in [4.69, 9.17) is 5.73 Å². The molecule has 114 valence electrons. The fourth-order valence-electron chi connectivity index (χ4n) is 3.02. The molecule has 0 bridgehead atoms. The van der Waals surface area contributed by atoms with E-state index in [1.54, 1.807) is 12.3 Å². The molecule has 1 aliphatic carbocycles. The molecule has 3 rings (SSSR count). The molecule has 0 spiro atoms. The molecular formula is C13H23Cl2N5. The Kier molecular flexibility index (Phi) is 5.86. The normalized spacial score (nSPS) is 25.2. The Labute approximate surface area is 132 Å². The lowest BCUT2D eigenvalue weighted by atomic mass is 9.97. The van der Waals surface area contributed by atoms with Gasteiger partial charge in [-0.05, 0) is 44.8 Å². The zero-order valence-electron chi connectivity index (χ0n) is 11.9. The quantitative estimate of drug-likeness (QED) is 0.918. The van der Waals surface area contributed by atoms with Gasteiger partial charge < -0.3 is 15.5 Å². The second-order valence-electron chi connectivity index (χ2n) is 5.72. The van der Waals surface area contributed by atoms with Gasteiger partial charge in [-0.25, -0.2) is 4.98 Å². The Morgan fingerprint density at radius 1 is 1.25 bits per heavy atom. The molecule has 2 atom stereocenters. The summed E-state index contributed by atoms with van der Waals surface area (Å²) in [6, 6.07) is 2.35. The first kappa shape index (κ1) is 17.3. The van der Waals surface area contributed by atoms with Crippen LogP contribution in [-0.2, 0) is 0 Å². The fraction of sp³-hybridized carbons (Fsp3) is 0.692. The number of halogens is 2. The molecule has 0 unspecified atom stereocenters. The van der Waals surface area contributed by atoms with Gasteiger partial charge in [-0.2, -0.15) is 4.98 Å². The summed E-state index contributed by atoms with van der Waals surface area (Å²) in [6.45, 7) is 2.08. The lowest BCUT2D eigenvalue weighted by molar-refractivity contribution is 0.238. The fourth-order valence-corrected chi connectivity index (χ4v) is 3.02. The second kappa shape index (κ2) is 6.78. The van der Waals surface area contributed by atoms with Gasteiger partial charge in [-0.3, -0.25) is 0 Å². The van der Waals surface area contributed by atoms with Crippen molar-refractivity contribution in [2.45, 2.75) is 18.9 Å². The number of nitrogens with zero attached hydrogens (tertiary/aromatic N) is 4. The molecule has 20 heavy (non-hydrogen) atoms. The first-order chi connectivity index (χ1) is 8.65. The molecule has 1 aliphatic heterocycles. The maximum atomic E-state index is 5.74. The van der Waals surface area contributed by atoms with Crippen molar-refractivity contribution in [3.05, 3.63) is 12.3 Å². The highest BCUT2D eigenvalue weighted by Gasteiger charge is 2.43. The van der Waals surface area contributed by atoms with Crippen LogP contribution in [0.25, 0.3) is 0 Å². The smallest absolute Gasteiger partial charge is 0.227 e. The third kappa shape index (κ3) is 3.45. The Hall–Kier alpha value is -0.780. The predicted octanol–water partition coefficient (Wildman–Crippen LogP) is 1.68. The van der Waals surface area contributed by atoms with E-state index in [-0.39, 0.29) is 24.8 Å². The molecule has 5 nitrogen and oxygen atoms in total. The van der Waals surface area contributed by atoms with E-state index < -0.39 is 0 Å². The van der Waals surface area contributed by atoms with Crippen molar-refractivity contribution in [3.8, 4) is 0 Å². The van der Waals surface area contributed by atoms with Gasteiger partial charge in [-0.15, -0.1) is 24.8 Å². The average molecular weight is 320 g/mol. The zero-order chi connectivity index (χ0) is 12.7. The SMILES string of the molecule is CN(C)[C@H]1CN(c2nccc(N)n2)C[C@@H]1C1CC1.Cl.Cl. The van der Waals surface area contributed by atoms with Gasteiger partial charge in [0, 0.05) is 25.3 Å². The molecule has 0 amide bonds. The van der Waals surface area contributed by atoms with Crippen LogP contribution < -0.4 is 10.6 Å². The lowest BCUT2D eigenvalue weighted by Crippen LogP contribution is -2.36. The van der Waals surface area contributed by atoms with Crippen molar-refractivity contribution in [1.82, 2.24) is 14.9 Å². The molecule has 1 aromatic rings. The third-order valence-electron chi connectivity index (χ3n) is 4.17. The van der Waals surface area contributed by atoms with Crippen molar-refractivity contribution in [2.24, 2.45) is 11.8 Å². The van der Waals surface area contributed by atoms with Gasteiger partial charge in [0.05, 0.1) is 0 Å². The summed E-state index contributed by atoms with van der Waals surface area (Å²) in [7, 11) is 4.34. The second-order valence-corrected chi connectivity index (χ2v) is 5.72. The maximum Gasteiger partial charge on any atom is 0.227 e. The van der Waals surface area contributed by atoms with Crippen molar-refractivity contribution in [2.75, 3.05) is 37.8 Å². The van der Waals surface area contributed by atoms with Gasteiger partial charge in [0.2, 0.25) is 5.95 Å². The monoisotopic (exact) mass is 319 g/mol. The number of aromatic nitrogens is 2. The number of nitrogens with two attached hydrogens (primary N) is 1. The highest BCUT2D eigenvalue weighted by molar-refractivity contribution is 5.85. The Morgan fingerprint density at radius 3 is 2.50 bits per heavy atom. The maximum absolute atomic E-state index is 5.74. The van der Waals surface area contributed by atoms with E-state index in [9.17, 15) is 0 Å². The molecule has 1 aromatic heterocycles. The minimum absolute atomic E-state index is 0. The summed E-state index contributed by atoms with van der Waals surface area (Å²) < 4.78 is 0. The van der Waals surface area contributed by atoms with Crippen LogP contribution in [0.2, 0.25) is 0 Å². The van der Waals surface area contributed by atoms with Crippen LogP contribution in [0.1, 0.15) is 12.8 Å².